The average Bonchev–Trinajstić information content (AvgIpc) is 2.38. The van der Waals surface area contributed by atoms with Crippen molar-refractivity contribution in [3.8, 4) is 0 Å². The number of nitrogens with one attached hydrogen (secondary N) is 1. The van der Waals surface area contributed by atoms with Gasteiger partial charge in [-0.25, -0.2) is 0 Å². The number of nitrogens with zero attached hydrogens (tertiary/aromatic N) is 1. The third-order valence-corrected chi connectivity index (χ3v) is 2.51. The van der Waals surface area contributed by atoms with E-state index in [1.54, 1.807) is 17.9 Å². The normalized spacial score (nSPS) is 10.7. The lowest BCUT2D eigenvalue weighted by atomic mass is 10.4. The fraction of sp³-hybridized carbons (Fsp3) is 0.733. The van der Waals surface area contributed by atoms with Gasteiger partial charge in [0.25, 0.3) is 0 Å². The van der Waals surface area contributed by atoms with Gasteiger partial charge in [-0.2, -0.15) is 0 Å². The molecule has 1 amide bonds. The summed E-state index contributed by atoms with van der Waals surface area (Å²) in [7, 11) is 0. The summed E-state index contributed by atoms with van der Waals surface area (Å²) in [4.78, 5) is 24.9. The lowest BCUT2D eigenvalue weighted by Crippen LogP contribution is -2.40. The van der Waals surface area contributed by atoms with Crippen LogP contribution in [-0.4, -0.2) is 62.3 Å². The van der Waals surface area contributed by atoms with Gasteiger partial charge in [0.15, 0.2) is 0 Å². The van der Waals surface area contributed by atoms with Gasteiger partial charge in [0.2, 0.25) is 5.91 Å². The fourth-order valence-corrected chi connectivity index (χ4v) is 1.63. The standard InChI is InChI=1S/C15H28N2O4/c1-5-9-17(12-15(19)20-6-2)11-14(18)16-8-7-10-21-13(3)4/h5,13H,1,6-12H2,2-4H3,(H,16,18). The molecule has 122 valence electrons. The largest absolute Gasteiger partial charge is 0.465 e. The zero-order valence-electron chi connectivity index (χ0n) is 13.4. The Labute approximate surface area is 127 Å². The minimum absolute atomic E-state index is 0.0870. The van der Waals surface area contributed by atoms with Crippen molar-refractivity contribution in [3.05, 3.63) is 12.7 Å². The van der Waals surface area contributed by atoms with Crippen LogP contribution in [0.3, 0.4) is 0 Å². The number of ether oxygens (including phenoxy) is 2. The Balaban J connectivity index is 3.94. The predicted molar refractivity (Wildman–Crippen MR) is 82.0 cm³/mol. The summed E-state index contributed by atoms with van der Waals surface area (Å²) in [5, 5.41) is 2.80. The molecule has 0 unspecified atom stereocenters. The molecule has 0 saturated carbocycles. The van der Waals surface area contributed by atoms with Crippen LogP contribution in [0, 0.1) is 0 Å². The van der Waals surface area contributed by atoms with E-state index in [4.69, 9.17) is 9.47 Å². The number of carbonyl (C=O) groups excluding carboxylic acids is 2. The topological polar surface area (TPSA) is 67.9 Å². The van der Waals surface area contributed by atoms with E-state index in [0.717, 1.165) is 6.42 Å². The molecule has 6 nitrogen and oxygen atoms in total. The first kappa shape index (κ1) is 19.6. The van der Waals surface area contributed by atoms with E-state index in [0.29, 0.717) is 26.3 Å². The van der Waals surface area contributed by atoms with E-state index in [-0.39, 0.29) is 31.1 Å². The van der Waals surface area contributed by atoms with Crippen molar-refractivity contribution in [1.82, 2.24) is 10.2 Å². The Morgan fingerprint density at radius 3 is 2.62 bits per heavy atom. The summed E-state index contributed by atoms with van der Waals surface area (Å²) < 4.78 is 10.3. The molecule has 0 heterocycles. The molecule has 0 aromatic rings. The first-order chi connectivity index (χ1) is 9.99. The van der Waals surface area contributed by atoms with Gasteiger partial charge in [-0.15, -0.1) is 6.58 Å². The SMILES string of the molecule is C=CCN(CC(=O)NCCCOC(C)C)CC(=O)OCC. The van der Waals surface area contributed by atoms with E-state index in [2.05, 4.69) is 11.9 Å². The van der Waals surface area contributed by atoms with E-state index < -0.39 is 0 Å². The highest BCUT2D eigenvalue weighted by atomic mass is 16.5. The van der Waals surface area contributed by atoms with E-state index in [1.807, 2.05) is 13.8 Å². The number of amides is 1. The van der Waals surface area contributed by atoms with Crippen LogP contribution in [0.2, 0.25) is 0 Å². The number of hydrogen-bond donors (Lipinski definition) is 1. The number of carbonyl (C=O) groups is 2. The Morgan fingerprint density at radius 2 is 2.05 bits per heavy atom. The molecule has 0 bridgehead atoms. The quantitative estimate of drug-likeness (QED) is 0.330. The average molecular weight is 300 g/mol. The van der Waals surface area contributed by atoms with Gasteiger partial charge in [-0.05, 0) is 27.2 Å². The van der Waals surface area contributed by atoms with Crippen molar-refractivity contribution in [3.63, 3.8) is 0 Å². The van der Waals surface area contributed by atoms with E-state index in [9.17, 15) is 9.59 Å². The van der Waals surface area contributed by atoms with Crippen LogP contribution < -0.4 is 5.32 Å². The molecule has 1 N–H and O–H groups in total. The molecule has 0 spiro atoms. The monoisotopic (exact) mass is 300 g/mol. The molecule has 0 radical (unpaired) electrons. The van der Waals surface area contributed by atoms with Gasteiger partial charge >= 0.3 is 5.97 Å². The highest BCUT2D eigenvalue weighted by Crippen LogP contribution is 1.92. The van der Waals surface area contributed by atoms with Crippen molar-refractivity contribution in [2.75, 3.05) is 39.4 Å². The van der Waals surface area contributed by atoms with Crippen LogP contribution in [0.5, 0.6) is 0 Å². The van der Waals surface area contributed by atoms with Crippen LogP contribution in [-0.2, 0) is 19.1 Å². The maximum atomic E-state index is 11.8. The van der Waals surface area contributed by atoms with Crippen LogP contribution in [0.25, 0.3) is 0 Å². The molecular formula is C15H28N2O4. The molecule has 0 saturated heterocycles. The second kappa shape index (κ2) is 12.3. The summed E-state index contributed by atoms with van der Waals surface area (Å²) in [6.45, 7) is 11.5. The van der Waals surface area contributed by atoms with Gasteiger partial charge < -0.3 is 14.8 Å². The van der Waals surface area contributed by atoms with Crippen LogP contribution in [0.1, 0.15) is 27.2 Å². The Hall–Kier alpha value is -1.40. The summed E-state index contributed by atoms with van der Waals surface area (Å²) in [6.07, 6.45) is 2.63. The van der Waals surface area contributed by atoms with Crippen molar-refractivity contribution >= 4 is 11.9 Å². The lowest BCUT2D eigenvalue weighted by molar-refractivity contribution is -0.144. The van der Waals surface area contributed by atoms with E-state index in [1.165, 1.54) is 0 Å². The molecule has 0 aromatic carbocycles. The smallest absolute Gasteiger partial charge is 0.320 e. The fourth-order valence-electron chi connectivity index (χ4n) is 1.63. The van der Waals surface area contributed by atoms with Crippen molar-refractivity contribution < 1.29 is 19.1 Å². The molecule has 0 atom stereocenters. The summed E-state index contributed by atoms with van der Waals surface area (Å²) >= 11 is 0. The highest BCUT2D eigenvalue weighted by molar-refractivity contribution is 5.79. The highest BCUT2D eigenvalue weighted by Gasteiger charge is 2.13. The molecule has 21 heavy (non-hydrogen) atoms. The van der Waals surface area contributed by atoms with Gasteiger partial charge in [0.05, 0.1) is 25.8 Å². The second-order valence-corrected chi connectivity index (χ2v) is 4.89. The summed E-state index contributed by atoms with van der Waals surface area (Å²) in [5.41, 5.74) is 0. The van der Waals surface area contributed by atoms with Crippen LogP contribution >= 0.6 is 0 Å². The van der Waals surface area contributed by atoms with Crippen LogP contribution in [0.4, 0.5) is 0 Å². The predicted octanol–water partition coefficient (Wildman–Crippen LogP) is 0.969. The third kappa shape index (κ3) is 12.1. The number of esters is 1. The maximum absolute atomic E-state index is 11.8. The first-order valence-electron chi connectivity index (χ1n) is 7.36. The summed E-state index contributed by atoms with van der Waals surface area (Å²) in [5.74, 6) is -0.455. The Bertz CT molecular complexity index is 319. The Kier molecular flexibility index (Phi) is 11.5. The lowest BCUT2D eigenvalue weighted by Gasteiger charge is -2.19. The molecule has 0 aliphatic rings. The number of rotatable bonds is 12. The molecule has 0 aromatic heterocycles. The van der Waals surface area contributed by atoms with Crippen molar-refractivity contribution in [2.24, 2.45) is 0 Å². The zero-order valence-corrected chi connectivity index (χ0v) is 13.4. The van der Waals surface area contributed by atoms with Crippen LogP contribution in [0.15, 0.2) is 12.7 Å². The molecule has 0 aliphatic heterocycles. The van der Waals surface area contributed by atoms with Gasteiger partial charge in [-0.1, -0.05) is 6.08 Å². The zero-order chi connectivity index (χ0) is 16.1. The Morgan fingerprint density at radius 1 is 1.33 bits per heavy atom. The van der Waals surface area contributed by atoms with Crippen molar-refractivity contribution in [2.45, 2.75) is 33.3 Å². The molecule has 0 rings (SSSR count). The molecule has 0 fully saturated rings. The number of hydrogen-bond acceptors (Lipinski definition) is 5. The first-order valence-corrected chi connectivity index (χ1v) is 7.36. The maximum Gasteiger partial charge on any atom is 0.320 e. The minimum atomic E-state index is -0.336. The van der Waals surface area contributed by atoms with Gasteiger partial charge in [0.1, 0.15) is 0 Å². The van der Waals surface area contributed by atoms with Gasteiger partial charge in [-0.3, -0.25) is 14.5 Å². The third-order valence-electron chi connectivity index (χ3n) is 2.51. The molecular weight excluding hydrogens is 272 g/mol. The van der Waals surface area contributed by atoms with E-state index >= 15 is 0 Å². The van der Waals surface area contributed by atoms with Crippen molar-refractivity contribution in [1.29, 1.82) is 0 Å². The second-order valence-electron chi connectivity index (χ2n) is 4.89. The summed E-state index contributed by atoms with van der Waals surface area (Å²) in [6, 6.07) is 0. The molecule has 6 heteroatoms. The molecule has 0 aliphatic carbocycles. The van der Waals surface area contributed by atoms with Gasteiger partial charge in [0, 0.05) is 19.7 Å². The minimum Gasteiger partial charge on any atom is -0.465 e.